The number of sulfonamides is 1. The van der Waals surface area contributed by atoms with Gasteiger partial charge in [-0.1, -0.05) is 19.1 Å². The second-order valence-electron chi connectivity index (χ2n) is 4.29. The molecule has 1 aromatic carbocycles. The van der Waals surface area contributed by atoms with E-state index >= 15 is 0 Å². The number of hydrogen-bond donors (Lipinski definition) is 1. The van der Waals surface area contributed by atoms with Crippen LogP contribution in [0.2, 0.25) is 0 Å². The zero-order chi connectivity index (χ0) is 14.5. The number of methoxy groups -OCH3 is 1. The van der Waals surface area contributed by atoms with Crippen LogP contribution in [0.5, 0.6) is 0 Å². The minimum absolute atomic E-state index is 0.336. The number of nitrogens with two attached hydrogens (primary N) is 1. The van der Waals surface area contributed by atoms with Crippen LogP contribution in [0, 0.1) is 6.92 Å². The highest BCUT2D eigenvalue weighted by Crippen LogP contribution is 2.20. The first-order valence-electron chi connectivity index (χ1n) is 6.26. The van der Waals surface area contributed by atoms with Gasteiger partial charge in [-0.25, -0.2) is 8.42 Å². The van der Waals surface area contributed by atoms with Gasteiger partial charge in [0.25, 0.3) is 0 Å². The normalized spacial score (nSPS) is 12.1. The molecule has 19 heavy (non-hydrogen) atoms. The lowest BCUT2D eigenvalue weighted by Gasteiger charge is -2.21. The third-order valence-corrected chi connectivity index (χ3v) is 5.12. The summed E-state index contributed by atoms with van der Waals surface area (Å²) < 4.78 is 31.4. The number of benzene rings is 1. The minimum atomic E-state index is -3.47. The van der Waals surface area contributed by atoms with Crippen LogP contribution in [-0.4, -0.2) is 39.5 Å². The molecule has 0 fully saturated rings. The van der Waals surface area contributed by atoms with Crippen LogP contribution in [0.3, 0.4) is 0 Å². The quantitative estimate of drug-likeness (QED) is 0.815. The van der Waals surface area contributed by atoms with Crippen LogP contribution in [0.15, 0.2) is 23.1 Å². The Balaban J connectivity index is 3.11. The SMILES string of the molecule is CCN(CCOC)S(=O)(=O)c1ccc(CN)cc1C. The van der Waals surface area contributed by atoms with Crippen molar-refractivity contribution < 1.29 is 13.2 Å². The van der Waals surface area contributed by atoms with E-state index in [2.05, 4.69) is 0 Å². The molecule has 0 heterocycles. The molecule has 0 radical (unpaired) electrons. The molecule has 2 N–H and O–H groups in total. The number of rotatable bonds is 7. The van der Waals surface area contributed by atoms with E-state index in [1.54, 1.807) is 26.2 Å². The van der Waals surface area contributed by atoms with Crippen molar-refractivity contribution >= 4 is 10.0 Å². The first-order valence-corrected chi connectivity index (χ1v) is 7.70. The number of ether oxygens (including phenoxy) is 1. The highest BCUT2D eigenvalue weighted by Gasteiger charge is 2.24. The molecule has 0 unspecified atom stereocenters. The minimum Gasteiger partial charge on any atom is -0.383 e. The molecule has 0 aromatic heterocycles. The van der Waals surface area contributed by atoms with Gasteiger partial charge < -0.3 is 10.5 Å². The zero-order valence-corrected chi connectivity index (χ0v) is 12.5. The van der Waals surface area contributed by atoms with Crippen molar-refractivity contribution in [3.8, 4) is 0 Å². The zero-order valence-electron chi connectivity index (χ0n) is 11.7. The third-order valence-electron chi connectivity index (χ3n) is 2.99. The van der Waals surface area contributed by atoms with E-state index in [1.807, 2.05) is 13.0 Å². The highest BCUT2D eigenvalue weighted by atomic mass is 32.2. The molecule has 108 valence electrons. The van der Waals surface area contributed by atoms with Crippen molar-refractivity contribution in [3.05, 3.63) is 29.3 Å². The summed E-state index contributed by atoms with van der Waals surface area (Å²) >= 11 is 0. The van der Waals surface area contributed by atoms with Gasteiger partial charge >= 0.3 is 0 Å². The average Bonchev–Trinajstić information content (AvgIpc) is 2.38. The Morgan fingerprint density at radius 3 is 2.53 bits per heavy atom. The van der Waals surface area contributed by atoms with Crippen LogP contribution in [0.25, 0.3) is 0 Å². The predicted octanol–water partition coefficient (Wildman–Crippen LogP) is 1.11. The van der Waals surface area contributed by atoms with Crippen molar-refractivity contribution in [2.75, 3.05) is 26.8 Å². The predicted molar refractivity (Wildman–Crippen MR) is 75.4 cm³/mol. The fourth-order valence-electron chi connectivity index (χ4n) is 1.91. The third kappa shape index (κ3) is 3.76. The largest absolute Gasteiger partial charge is 0.383 e. The maximum atomic E-state index is 12.5. The molecule has 6 heteroatoms. The van der Waals surface area contributed by atoms with Crippen molar-refractivity contribution in [1.29, 1.82) is 0 Å². The molecule has 0 amide bonds. The maximum Gasteiger partial charge on any atom is 0.243 e. The number of aryl methyl sites for hydroxylation is 1. The van der Waals surface area contributed by atoms with E-state index in [0.717, 1.165) is 11.1 Å². The summed E-state index contributed by atoms with van der Waals surface area (Å²) in [6, 6.07) is 5.20. The smallest absolute Gasteiger partial charge is 0.243 e. The molecular weight excluding hydrogens is 264 g/mol. The molecule has 0 aliphatic heterocycles. The fraction of sp³-hybridized carbons (Fsp3) is 0.538. The van der Waals surface area contributed by atoms with Crippen LogP contribution in [-0.2, 0) is 21.3 Å². The molecule has 5 nitrogen and oxygen atoms in total. The lowest BCUT2D eigenvalue weighted by Crippen LogP contribution is -2.34. The standard InChI is InChI=1S/C13H22N2O3S/c1-4-15(7-8-18-3)19(16,17)13-6-5-12(10-14)9-11(13)2/h5-6,9H,4,7-8,10,14H2,1-3H3. The molecular formula is C13H22N2O3S. The summed E-state index contributed by atoms with van der Waals surface area (Å²) in [6.45, 7) is 5.17. The highest BCUT2D eigenvalue weighted by molar-refractivity contribution is 7.89. The molecule has 0 aliphatic rings. The van der Waals surface area contributed by atoms with Crippen LogP contribution in [0.1, 0.15) is 18.1 Å². The number of nitrogens with zero attached hydrogens (tertiary/aromatic N) is 1. The fourth-order valence-corrected chi connectivity index (χ4v) is 3.55. The molecule has 1 aromatic rings. The van der Waals surface area contributed by atoms with Gasteiger partial charge in [0.05, 0.1) is 11.5 Å². The molecule has 1 rings (SSSR count). The summed E-state index contributed by atoms with van der Waals surface area (Å²) in [7, 11) is -1.91. The molecule has 0 bridgehead atoms. The molecule has 0 saturated carbocycles. The van der Waals surface area contributed by atoms with Crippen molar-refractivity contribution in [1.82, 2.24) is 4.31 Å². The topological polar surface area (TPSA) is 72.6 Å². The van der Waals surface area contributed by atoms with E-state index < -0.39 is 10.0 Å². The summed E-state index contributed by atoms with van der Waals surface area (Å²) in [6.07, 6.45) is 0. The summed E-state index contributed by atoms with van der Waals surface area (Å²) in [5.41, 5.74) is 7.20. The van der Waals surface area contributed by atoms with Crippen LogP contribution < -0.4 is 5.73 Å². The van der Waals surface area contributed by atoms with Gasteiger partial charge in [-0.3, -0.25) is 0 Å². The van der Waals surface area contributed by atoms with Crippen molar-refractivity contribution in [2.24, 2.45) is 5.73 Å². The van der Waals surface area contributed by atoms with E-state index in [1.165, 1.54) is 4.31 Å². The van der Waals surface area contributed by atoms with Gasteiger partial charge in [0.1, 0.15) is 0 Å². The van der Waals surface area contributed by atoms with Crippen LogP contribution >= 0.6 is 0 Å². The van der Waals surface area contributed by atoms with Crippen LogP contribution in [0.4, 0.5) is 0 Å². The molecule has 0 spiro atoms. The Bertz CT molecular complexity index is 515. The monoisotopic (exact) mass is 286 g/mol. The maximum absolute atomic E-state index is 12.5. The molecule has 0 aliphatic carbocycles. The Labute approximate surface area is 115 Å². The van der Waals surface area contributed by atoms with Gasteiger partial charge in [0.15, 0.2) is 0 Å². The van der Waals surface area contributed by atoms with Gasteiger partial charge in [0, 0.05) is 26.7 Å². The number of hydrogen-bond acceptors (Lipinski definition) is 4. The summed E-state index contributed by atoms with van der Waals surface area (Å²) in [5, 5.41) is 0. The summed E-state index contributed by atoms with van der Waals surface area (Å²) in [4.78, 5) is 0.336. The molecule has 0 saturated heterocycles. The van der Waals surface area contributed by atoms with Crippen molar-refractivity contribution in [2.45, 2.75) is 25.3 Å². The van der Waals surface area contributed by atoms with Crippen molar-refractivity contribution in [3.63, 3.8) is 0 Å². The Hall–Kier alpha value is -0.950. The Kier molecular flexibility index (Phi) is 5.93. The van der Waals surface area contributed by atoms with Gasteiger partial charge in [0.2, 0.25) is 10.0 Å². The lowest BCUT2D eigenvalue weighted by atomic mass is 10.1. The van der Waals surface area contributed by atoms with Gasteiger partial charge in [-0.15, -0.1) is 0 Å². The first-order chi connectivity index (χ1) is 8.97. The number of likely N-dealkylation sites (N-methyl/N-ethyl adjacent to an activating group) is 1. The first kappa shape index (κ1) is 16.1. The second-order valence-corrected chi connectivity index (χ2v) is 6.20. The second kappa shape index (κ2) is 7.00. The van der Waals surface area contributed by atoms with E-state index in [-0.39, 0.29) is 0 Å². The lowest BCUT2D eigenvalue weighted by molar-refractivity contribution is 0.180. The Morgan fingerprint density at radius 2 is 2.05 bits per heavy atom. The average molecular weight is 286 g/mol. The van der Waals surface area contributed by atoms with Gasteiger partial charge in [-0.2, -0.15) is 4.31 Å². The van der Waals surface area contributed by atoms with E-state index in [4.69, 9.17) is 10.5 Å². The molecule has 0 atom stereocenters. The Morgan fingerprint density at radius 1 is 1.37 bits per heavy atom. The summed E-state index contributed by atoms with van der Waals surface area (Å²) in [5.74, 6) is 0. The van der Waals surface area contributed by atoms with E-state index in [9.17, 15) is 8.42 Å². The van der Waals surface area contributed by atoms with E-state index in [0.29, 0.717) is 31.1 Å². The van der Waals surface area contributed by atoms with Gasteiger partial charge in [-0.05, 0) is 24.1 Å².